The van der Waals surface area contributed by atoms with E-state index in [2.05, 4.69) is 20.5 Å². The van der Waals surface area contributed by atoms with Gasteiger partial charge in [-0.25, -0.2) is 18.3 Å². The predicted octanol–water partition coefficient (Wildman–Crippen LogP) is 2.88. The van der Waals surface area contributed by atoms with Crippen LogP contribution >= 0.6 is 0 Å². The van der Waals surface area contributed by atoms with Crippen LogP contribution in [0.3, 0.4) is 0 Å². The Morgan fingerprint density at radius 3 is 2.64 bits per heavy atom. The van der Waals surface area contributed by atoms with Gasteiger partial charge in [0.05, 0.1) is 30.5 Å². The summed E-state index contributed by atoms with van der Waals surface area (Å²) in [4.78, 5) is 27.2. The fourth-order valence-corrected chi connectivity index (χ4v) is 3.16. The molecule has 0 spiro atoms. The Kier molecular flexibility index (Phi) is 5.93. The van der Waals surface area contributed by atoms with Gasteiger partial charge >= 0.3 is 5.69 Å². The number of halogens is 2. The molecule has 0 aliphatic carbocycles. The first kappa shape index (κ1) is 21.8. The first-order chi connectivity index (χ1) is 15.9. The number of aromatic nitrogens is 5. The Morgan fingerprint density at radius 2 is 2.00 bits per heavy atom. The first-order valence-electron chi connectivity index (χ1n) is 9.63. The number of carbonyl (C=O) groups excluding carboxylic acids is 1. The number of benzene rings is 1. The van der Waals surface area contributed by atoms with E-state index in [9.17, 15) is 23.7 Å². The quantitative estimate of drug-likeness (QED) is 0.318. The highest BCUT2D eigenvalue weighted by Crippen LogP contribution is 2.27. The van der Waals surface area contributed by atoms with Crippen molar-refractivity contribution in [3.8, 4) is 17.0 Å². The van der Waals surface area contributed by atoms with Crippen LogP contribution in [0.1, 0.15) is 22.5 Å². The monoisotopic (exact) mass is 457 g/mol. The molecule has 1 aromatic carbocycles. The van der Waals surface area contributed by atoms with Crippen LogP contribution in [0.4, 0.5) is 14.5 Å². The van der Waals surface area contributed by atoms with Gasteiger partial charge in [0.2, 0.25) is 0 Å². The lowest BCUT2D eigenvalue weighted by Gasteiger charge is -2.09. The molecule has 4 aromatic rings. The molecule has 0 bridgehead atoms. The summed E-state index contributed by atoms with van der Waals surface area (Å²) < 4.78 is 34.8. The van der Waals surface area contributed by atoms with E-state index in [0.29, 0.717) is 11.3 Å². The summed E-state index contributed by atoms with van der Waals surface area (Å²) in [5.74, 6) is 0.0205. The Hall–Kier alpha value is -4.42. The molecule has 13 heteroatoms. The third kappa shape index (κ3) is 4.46. The molecule has 0 atom stereocenters. The zero-order valence-electron chi connectivity index (χ0n) is 17.2. The van der Waals surface area contributed by atoms with Gasteiger partial charge in [-0.1, -0.05) is 0 Å². The Labute approximate surface area is 184 Å². The number of fused-ring (bicyclic) bond motifs is 1. The summed E-state index contributed by atoms with van der Waals surface area (Å²) in [5.41, 5.74) is 0.226. The SMILES string of the molecule is COc1ccc(-c2cc(C(F)F)n3ncc(C(=O)NCCn4cc([N+](=O)[O-])cn4)c3n2)cc1. The standard InChI is InChI=1S/C20H17F2N7O4/c1-33-14-4-2-12(3-5-14)16-8-17(18(21)22)28-19(26-16)15(10-25-28)20(30)23-6-7-27-11-13(9-24-27)29(31)32/h2-5,8-11,18H,6-7H2,1H3,(H,23,30). The molecule has 4 rings (SSSR count). The van der Waals surface area contributed by atoms with E-state index in [1.54, 1.807) is 24.3 Å². The third-order valence-corrected chi connectivity index (χ3v) is 4.81. The molecule has 0 radical (unpaired) electrons. The van der Waals surface area contributed by atoms with Gasteiger partial charge in [0.25, 0.3) is 12.3 Å². The third-order valence-electron chi connectivity index (χ3n) is 4.81. The second-order valence-electron chi connectivity index (χ2n) is 6.86. The predicted molar refractivity (Wildman–Crippen MR) is 111 cm³/mol. The van der Waals surface area contributed by atoms with Crippen molar-refractivity contribution in [3.63, 3.8) is 0 Å². The van der Waals surface area contributed by atoms with Gasteiger partial charge in [-0.3, -0.25) is 19.6 Å². The molecule has 0 aliphatic heterocycles. The minimum atomic E-state index is -2.85. The maximum absolute atomic E-state index is 13.7. The van der Waals surface area contributed by atoms with Crippen molar-refractivity contribution in [1.82, 2.24) is 29.7 Å². The molecular formula is C20H17F2N7O4. The zero-order valence-corrected chi connectivity index (χ0v) is 17.2. The smallest absolute Gasteiger partial charge is 0.306 e. The lowest BCUT2D eigenvalue weighted by atomic mass is 10.1. The van der Waals surface area contributed by atoms with Crippen molar-refractivity contribution in [2.24, 2.45) is 0 Å². The van der Waals surface area contributed by atoms with E-state index in [4.69, 9.17) is 4.74 Å². The van der Waals surface area contributed by atoms with Gasteiger partial charge in [0, 0.05) is 12.1 Å². The van der Waals surface area contributed by atoms with Crippen molar-refractivity contribution in [2.45, 2.75) is 13.0 Å². The molecule has 0 saturated carbocycles. The van der Waals surface area contributed by atoms with E-state index in [1.807, 2.05) is 0 Å². The largest absolute Gasteiger partial charge is 0.497 e. The molecule has 1 N–H and O–H groups in total. The number of nitrogens with zero attached hydrogens (tertiary/aromatic N) is 6. The number of ether oxygens (including phenoxy) is 1. The van der Waals surface area contributed by atoms with Crippen LogP contribution in [0.2, 0.25) is 0 Å². The molecule has 0 saturated heterocycles. The highest BCUT2D eigenvalue weighted by molar-refractivity contribution is 5.99. The molecule has 3 aromatic heterocycles. The number of nitrogens with one attached hydrogen (secondary N) is 1. The normalized spacial score (nSPS) is 11.2. The second-order valence-corrected chi connectivity index (χ2v) is 6.86. The highest BCUT2D eigenvalue weighted by Gasteiger charge is 2.21. The number of alkyl halides is 2. The number of rotatable bonds is 8. The van der Waals surface area contributed by atoms with Crippen molar-refractivity contribution in [1.29, 1.82) is 0 Å². The van der Waals surface area contributed by atoms with Crippen molar-refractivity contribution < 1.29 is 23.2 Å². The number of hydrogen-bond acceptors (Lipinski definition) is 7. The van der Waals surface area contributed by atoms with Crippen molar-refractivity contribution in [2.75, 3.05) is 13.7 Å². The molecule has 0 unspecified atom stereocenters. The maximum Gasteiger partial charge on any atom is 0.306 e. The molecular weight excluding hydrogens is 440 g/mol. The molecule has 1 amide bonds. The molecule has 0 fully saturated rings. The first-order valence-corrected chi connectivity index (χ1v) is 9.63. The number of amides is 1. The Balaban J connectivity index is 1.59. The Morgan fingerprint density at radius 1 is 1.24 bits per heavy atom. The van der Waals surface area contributed by atoms with Crippen LogP contribution in [-0.2, 0) is 6.54 Å². The van der Waals surface area contributed by atoms with Crippen LogP contribution < -0.4 is 10.1 Å². The number of nitro groups is 1. The fraction of sp³-hybridized carbons (Fsp3) is 0.200. The summed E-state index contributed by atoms with van der Waals surface area (Å²) >= 11 is 0. The van der Waals surface area contributed by atoms with Crippen LogP contribution in [0, 0.1) is 10.1 Å². The van der Waals surface area contributed by atoms with Crippen molar-refractivity contribution >= 4 is 17.2 Å². The molecule has 33 heavy (non-hydrogen) atoms. The average Bonchev–Trinajstić information content (AvgIpc) is 3.45. The van der Waals surface area contributed by atoms with Crippen LogP contribution in [-0.4, -0.2) is 48.9 Å². The summed E-state index contributed by atoms with van der Waals surface area (Å²) in [7, 11) is 1.51. The summed E-state index contributed by atoms with van der Waals surface area (Å²) in [6, 6.07) is 7.91. The van der Waals surface area contributed by atoms with Crippen molar-refractivity contribution in [3.05, 3.63) is 70.3 Å². The molecule has 11 nitrogen and oxygen atoms in total. The average molecular weight is 457 g/mol. The van der Waals surface area contributed by atoms with Gasteiger partial charge in [-0.05, 0) is 30.3 Å². The van der Waals surface area contributed by atoms with Gasteiger partial charge < -0.3 is 10.1 Å². The Bertz CT molecular complexity index is 1320. The fourth-order valence-electron chi connectivity index (χ4n) is 3.16. The molecule has 0 aliphatic rings. The van der Waals surface area contributed by atoms with E-state index < -0.39 is 22.9 Å². The van der Waals surface area contributed by atoms with Gasteiger partial charge in [0.15, 0.2) is 5.65 Å². The molecule has 170 valence electrons. The molecule has 3 heterocycles. The maximum atomic E-state index is 13.7. The topological polar surface area (TPSA) is 129 Å². The minimum Gasteiger partial charge on any atom is -0.497 e. The van der Waals surface area contributed by atoms with E-state index in [-0.39, 0.29) is 35.7 Å². The number of carbonyl (C=O) groups is 1. The second kappa shape index (κ2) is 8.98. The van der Waals surface area contributed by atoms with Crippen LogP contribution in [0.15, 0.2) is 48.9 Å². The van der Waals surface area contributed by atoms with Gasteiger partial charge in [-0.15, -0.1) is 0 Å². The highest BCUT2D eigenvalue weighted by atomic mass is 19.3. The van der Waals surface area contributed by atoms with Gasteiger partial charge in [0.1, 0.15) is 29.4 Å². The summed E-state index contributed by atoms with van der Waals surface area (Å²) in [5, 5.41) is 21.1. The zero-order chi connectivity index (χ0) is 23.5. The van der Waals surface area contributed by atoms with Crippen LogP contribution in [0.5, 0.6) is 5.75 Å². The lowest BCUT2D eigenvalue weighted by Crippen LogP contribution is -2.27. The minimum absolute atomic E-state index is 0.0127. The van der Waals surface area contributed by atoms with Gasteiger partial charge in [-0.2, -0.15) is 10.2 Å². The number of methoxy groups -OCH3 is 1. The van der Waals surface area contributed by atoms with E-state index >= 15 is 0 Å². The van der Waals surface area contributed by atoms with E-state index in [0.717, 1.165) is 10.7 Å². The lowest BCUT2D eigenvalue weighted by molar-refractivity contribution is -0.385. The summed E-state index contributed by atoms with van der Waals surface area (Å²) in [6.07, 6.45) is 0.655. The number of hydrogen-bond donors (Lipinski definition) is 1. The van der Waals surface area contributed by atoms with Crippen LogP contribution in [0.25, 0.3) is 16.9 Å². The summed E-state index contributed by atoms with van der Waals surface area (Å²) in [6.45, 7) is 0.264. The van der Waals surface area contributed by atoms with E-state index in [1.165, 1.54) is 30.3 Å².